The Morgan fingerprint density at radius 3 is 1.19 bits per heavy atom. The van der Waals surface area contributed by atoms with Gasteiger partial charge in [-0.05, 0) is 83.3 Å². The molecule has 0 saturated carbocycles. The maximum absolute atomic E-state index is 4.38. The molecule has 0 heterocycles. The van der Waals surface area contributed by atoms with E-state index in [1.54, 1.807) is 0 Å². The molecule has 0 aliphatic rings. The highest BCUT2D eigenvalue weighted by molar-refractivity contribution is 5.86. The lowest BCUT2D eigenvalue weighted by atomic mass is 9.86. The van der Waals surface area contributed by atoms with Gasteiger partial charge in [0.2, 0.25) is 0 Å². The fourth-order valence-electron chi connectivity index (χ4n) is 3.58. The minimum atomic E-state index is 1.08. The van der Waals surface area contributed by atoms with Crippen molar-refractivity contribution < 1.29 is 0 Å². The molecule has 3 aromatic rings. The first-order valence-corrected chi connectivity index (χ1v) is 9.02. The molecule has 0 aromatic heterocycles. The molecule has 0 aliphatic carbocycles. The predicted molar refractivity (Wildman–Crippen MR) is 115 cm³/mol. The van der Waals surface area contributed by atoms with Crippen molar-refractivity contribution in [1.82, 2.24) is 0 Å². The monoisotopic (exact) mass is 338 g/mol. The summed E-state index contributed by atoms with van der Waals surface area (Å²) < 4.78 is 0. The summed E-state index contributed by atoms with van der Waals surface area (Å²) in [6, 6.07) is 21.4. The van der Waals surface area contributed by atoms with Crippen LogP contribution in [0.3, 0.4) is 0 Å². The van der Waals surface area contributed by atoms with Gasteiger partial charge in [0.15, 0.2) is 0 Å². The summed E-state index contributed by atoms with van der Waals surface area (Å²) in [7, 11) is 0. The first kappa shape index (κ1) is 17.9. The molecule has 0 fully saturated rings. The van der Waals surface area contributed by atoms with E-state index in [0.717, 1.165) is 11.1 Å². The summed E-state index contributed by atoms with van der Waals surface area (Å²) in [6.07, 6.45) is 0. The third-order valence-electron chi connectivity index (χ3n) is 5.16. The first-order valence-electron chi connectivity index (χ1n) is 9.02. The molecule has 0 aliphatic heterocycles. The molecular weight excluding hydrogens is 312 g/mol. The second-order valence-electron chi connectivity index (χ2n) is 7.07. The molecule has 0 bridgehead atoms. The Morgan fingerprint density at radius 2 is 0.846 bits per heavy atom. The van der Waals surface area contributed by atoms with Gasteiger partial charge in [-0.1, -0.05) is 73.8 Å². The Kier molecular flexibility index (Phi) is 4.95. The molecule has 0 unspecified atom stereocenters. The number of rotatable bonds is 4. The molecule has 0 N–H and O–H groups in total. The van der Waals surface area contributed by atoms with Gasteiger partial charge in [-0.15, -0.1) is 0 Å². The lowest BCUT2D eigenvalue weighted by Crippen LogP contribution is -1.99. The largest absolute Gasteiger partial charge is 0.0905 e. The Hall–Kier alpha value is -2.86. The minimum Gasteiger partial charge on any atom is -0.0905 e. The van der Waals surface area contributed by atoms with Crippen LogP contribution in [0.5, 0.6) is 0 Å². The van der Waals surface area contributed by atoms with Crippen molar-refractivity contribution in [3.63, 3.8) is 0 Å². The van der Waals surface area contributed by atoms with Gasteiger partial charge in [0.05, 0.1) is 0 Å². The summed E-state index contributed by atoms with van der Waals surface area (Å²) >= 11 is 0. The van der Waals surface area contributed by atoms with Crippen molar-refractivity contribution in [2.75, 3.05) is 0 Å². The predicted octanol–water partition coefficient (Wildman–Crippen LogP) is 7.04. The van der Waals surface area contributed by atoms with Crippen molar-refractivity contribution in [2.45, 2.75) is 27.7 Å². The van der Waals surface area contributed by atoms with Crippen molar-refractivity contribution in [3.05, 3.63) is 118 Å². The van der Waals surface area contributed by atoms with E-state index in [-0.39, 0.29) is 0 Å². The Balaban J connectivity index is 2.05. The van der Waals surface area contributed by atoms with Crippen LogP contribution in [0.4, 0.5) is 0 Å². The molecule has 26 heavy (non-hydrogen) atoms. The maximum Gasteiger partial charge on any atom is -0.0152 e. The smallest absolute Gasteiger partial charge is 0.0152 e. The molecule has 0 heteroatoms. The second-order valence-corrected chi connectivity index (χ2v) is 7.07. The summed E-state index contributed by atoms with van der Waals surface area (Å²) in [5, 5.41) is 0. The van der Waals surface area contributed by atoms with Gasteiger partial charge in [-0.3, -0.25) is 0 Å². The highest BCUT2D eigenvalue weighted by Crippen LogP contribution is 2.33. The molecule has 3 aromatic carbocycles. The molecule has 0 radical (unpaired) electrons. The number of hydrogen-bond donors (Lipinski definition) is 0. The van der Waals surface area contributed by atoms with E-state index in [0.29, 0.717) is 0 Å². The second kappa shape index (κ2) is 7.17. The average molecular weight is 338 g/mol. The van der Waals surface area contributed by atoms with Gasteiger partial charge in [0.25, 0.3) is 0 Å². The third kappa shape index (κ3) is 3.28. The van der Waals surface area contributed by atoms with E-state index in [4.69, 9.17) is 0 Å². The molecular formula is C26H26. The normalized spacial score (nSPS) is 10.6. The van der Waals surface area contributed by atoms with Crippen molar-refractivity contribution >= 4 is 11.1 Å². The molecule has 0 nitrogen and oxygen atoms in total. The number of aryl methyl sites for hydroxylation is 4. The quantitative estimate of drug-likeness (QED) is 0.478. The van der Waals surface area contributed by atoms with Crippen LogP contribution in [0, 0.1) is 27.7 Å². The highest BCUT2D eigenvalue weighted by Gasteiger charge is 2.13. The lowest BCUT2D eigenvalue weighted by molar-refractivity contribution is 1.31. The Bertz CT molecular complexity index is 919. The first-order chi connectivity index (χ1) is 12.4. The van der Waals surface area contributed by atoms with E-state index < -0.39 is 0 Å². The topological polar surface area (TPSA) is 0 Å². The van der Waals surface area contributed by atoms with Gasteiger partial charge >= 0.3 is 0 Å². The Morgan fingerprint density at radius 1 is 0.500 bits per heavy atom. The van der Waals surface area contributed by atoms with Gasteiger partial charge in [0.1, 0.15) is 0 Å². The molecule has 0 saturated heterocycles. The lowest BCUT2D eigenvalue weighted by Gasteiger charge is -2.18. The van der Waals surface area contributed by atoms with Gasteiger partial charge in [0, 0.05) is 0 Å². The number of benzene rings is 3. The van der Waals surface area contributed by atoms with Crippen LogP contribution < -0.4 is 0 Å². The maximum atomic E-state index is 4.38. The fraction of sp³-hybridized carbons (Fsp3) is 0.154. The van der Waals surface area contributed by atoms with E-state index in [2.05, 4.69) is 102 Å². The van der Waals surface area contributed by atoms with Crippen LogP contribution in [0.2, 0.25) is 0 Å². The summed E-state index contributed by atoms with van der Waals surface area (Å²) in [5.41, 5.74) is 12.0. The Labute approximate surface area is 157 Å². The molecule has 3 rings (SSSR count). The van der Waals surface area contributed by atoms with Crippen molar-refractivity contribution in [3.8, 4) is 0 Å². The van der Waals surface area contributed by atoms with Gasteiger partial charge < -0.3 is 0 Å². The van der Waals surface area contributed by atoms with E-state index in [9.17, 15) is 0 Å². The van der Waals surface area contributed by atoms with E-state index in [1.807, 2.05) is 0 Å². The zero-order valence-corrected chi connectivity index (χ0v) is 16.2. The van der Waals surface area contributed by atoms with Crippen LogP contribution in [-0.4, -0.2) is 0 Å². The molecule has 0 amide bonds. The summed E-state index contributed by atoms with van der Waals surface area (Å²) in [4.78, 5) is 0. The minimum absolute atomic E-state index is 1.08. The zero-order chi connectivity index (χ0) is 18.8. The number of hydrogen-bond acceptors (Lipinski definition) is 0. The van der Waals surface area contributed by atoms with Crippen LogP contribution in [0.25, 0.3) is 11.1 Å². The average Bonchev–Trinajstić information content (AvgIpc) is 2.63. The fourth-order valence-corrected chi connectivity index (χ4v) is 3.58. The van der Waals surface area contributed by atoms with Crippen molar-refractivity contribution in [2.24, 2.45) is 0 Å². The third-order valence-corrected chi connectivity index (χ3v) is 5.16. The zero-order valence-electron chi connectivity index (χ0n) is 16.2. The van der Waals surface area contributed by atoms with E-state index in [1.165, 1.54) is 44.5 Å². The summed E-state index contributed by atoms with van der Waals surface area (Å²) in [5.74, 6) is 0. The van der Waals surface area contributed by atoms with Crippen LogP contribution in [0.1, 0.15) is 44.5 Å². The standard InChI is InChI=1S/C26H26/c1-17-11-7-9-13-23(17)21(5)25-15-20(4)26(16-19(25)3)22(6)24-14-10-8-12-18(24)2/h7-16H,5-6H2,1-4H3. The van der Waals surface area contributed by atoms with Crippen LogP contribution in [-0.2, 0) is 0 Å². The van der Waals surface area contributed by atoms with Gasteiger partial charge in [-0.25, -0.2) is 0 Å². The molecule has 0 spiro atoms. The molecule has 0 atom stereocenters. The van der Waals surface area contributed by atoms with Gasteiger partial charge in [-0.2, -0.15) is 0 Å². The SMILES string of the molecule is C=C(c1ccccc1C)c1cc(C)c(C(=C)c2ccccc2C)cc1C. The summed E-state index contributed by atoms with van der Waals surface area (Å²) in [6.45, 7) is 17.4. The van der Waals surface area contributed by atoms with Crippen molar-refractivity contribution in [1.29, 1.82) is 0 Å². The van der Waals surface area contributed by atoms with Crippen LogP contribution >= 0.6 is 0 Å². The molecule has 130 valence electrons. The van der Waals surface area contributed by atoms with Crippen LogP contribution in [0.15, 0.2) is 73.8 Å². The van der Waals surface area contributed by atoms with E-state index >= 15 is 0 Å². The highest BCUT2D eigenvalue weighted by atomic mass is 14.2.